The van der Waals surface area contributed by atoms with Crippen molar-refractivity contribution in [3.8, 4) is 0 Å². The standard InChI is InChI=1S/C18H31N4O15P3.4Na/c1-2-12(20)11-9-21(18(26)22(17(11)25)15(24)6-4-3-5-7-19)16-8-13(23)14(35-16)10-34-39(30,31)37-40(32,33)36-38(27,28)29;;;;/h2,9,12-14,16,23H,1,3-8,10,19-20H2,(H,30,31)(H,32,33)(H2,27,28,29);;;;/q;4*+1/p-4/t12?,13-,14+,16+;;;;/m0..../s1. The SMILES string of the molecule is C=CC(N)c1cn([C@H]2C[C@H](O)[C@@H](COP(=O)([O-])OP(=O)([O-])OP(=O)([O-])[O-])O2)c(=O)n(C(=O)CCCCCN)c1=O.[Na+].[Na+].[Na+].[Na+]. The van der Waals surface area contributed by atoms with Crippen LogP contribution in [0.4, 0.5) is 0 Å². The maximum atomic E-state index is 13.1. The van der Waals surface area contributed by atoms with Gasteiger partial charge in [-0.25, -0.2) is 9.11 Å². The minimum Gasteiger partial charge on any atom is -0.790 e. The van der Waals surface area contributed by atoms with Crippen LogP contribution >= 0.6 is 23.5 Å². The first kappa shape index (κ1) is 50.7. The first-order chi connectivity index (χ1) is 18.4. The maximum Gasteiger partial charge on any atom is 1.00 e. The molecule has 5 N–H and O–H groups in total. The van der Waals surface area contributed by atoms with Gasteiger partial charge in [-0.05, 0) is 19.4 Å². The number of nitrogens with zero attached hydrogens (tertiary/aromatic N) is 2. The van der Waals surface area contributed by atoms with E-state index in [9.17, 15) is 52.8 Å². The van der Waals surface area contributed by atoms with E-state index in [2.05, 4.69) is 19.7 Å². The van der Waals surface area contributed by atoms with Gasteiger partial charge in [0, 0.05) is 19.0 Å². The van der Waals surface area contributed by atoms with E-state index in [1.54, 1.807) is 0 Å². The van der Waals surface area contributed by atoms with Crippen LogP contribution in [0.2, 0.25) is 0 Å². The number of carbonyl (C=O) groups excluding carboxylic acids is 1. The summed E-state index contributed by atoms with van der Waals surface area (Å²) < 4.78 is 50.8. The summed E-state index contributed by atoms with van der Waals surface area (Å²) >= 11 is 0. The third kappa shape index (κ3) is 15.9. The molecule has 1 aliphatic heterocycles. The fourth-order valence-electron chi connectivity index (χ4n) is 3.57. The molecule has 1 aromatic rings. The Morgan fingerprint density at radius 3 is 2.20 bits per heavy atom. The topological polar surface area (TPSA) is 314 Å². The average molecular weight is 724 g/mol. The molecule has 3 unspecified atom stereocenters. The molecule has 0 spiro atoms. The molecular formula is C18H27N4Na4O15P3. The van der Waals surface area contributed by atoms with Gasteiger partial charge in [0.15, 0.2) is 0 Å². The van der Waals surface area contributed by atoms with Gasteiger partial charge in [0.1, 0.15) is 12.3 Å². The number of unbranched alkanes of at least 4 members (excludes halogenated alkanes) is 2. The number of aromatic nitrogens is 2. The van der Waals surface area contributed by atoms with Crippen molar-refractivity contribution >= 4 is 29.4 Å². The summed E-state index contributed by atoms with van der Waals surface area (Å²) in [6.45, 7) is 2.75. The summed E-state index contributed by atoms with van der Waals surface area (Å²) in [7, 11) is -18.3. The number of ether oxygens (including phenoxy) is 1. The fraction of sp³-hybridized carbons (Fsp3) is 0.611. The van der Waals surface area contributed by atoms with Crippen molar-refractivity contribution in [2.75, 3.05) is 13.2 Å². The monoisotopic (exact) mass is 724 g/mol. The van der Waals surface area contributed by atoms with Crippen molar-refractivity contribution in [3.63, 3.8) is 0 Å². The van der Waals surface area contributed by atoms with Crippen molar-refractivity contribution in [1.29, 1.82) is 0 Å². The van der Waals surface area contributed by atoms with Gasteiger partial charge in [-0.1, -0.05) is 12.5 Å². The predicted molar refractivity (Wildman–Crippen MR) is 126 cm³/mol. The van der Waals surface area contributed by atoms with E-state index < -0.39 is 78.1 Å². The second-order valence-corrected chi connectivity index (χ2v) is 12.7. The number of carbonyl (C=O) groups is 1. The number of aliphatic hydroxyl groups excluding tert-OH is 1. The molecule has 0 aliphatic carbocycles. The Bertz CT molecular complexity index is 1360. The third-order valence-corrected chi connectivity index (χ3v) is 9.07. The van der Waals surface area contributed by atoms with Crippen LogP contribution in [0.25, 0.3) is 0 Å². The van der Waals surface area contributed by atoms with E-state index >= 15 is 0 Å². The Hall–Kier alpha value is 2.34. The van der Waals surface area contributed by atoms with Gasteiger partial charge in [-0.15, -0.1) is 6.58 Å². The van der Waals surface area contributed by atoms with Crippen molar-refractivity contribution in [2.45, 2.75) is 56.6 Å². The summed E-state index contributed by atoms with van der Waals surface area (Å²) in [6, 6.07) is -1.12. The minimum absolute atomic E-state index is 0. The number of phosphoric ester groups is 1. The Morgan fingerprint density at radius 1 is 1.09 bits per heavy atom. The van der Waals surface area contributed by atoms with Crippen molar-refractivity contribution < 1.29 is 179 Å². The molecule has 19 nitrogen and oxygen atoms in total. The van der Waals surface area contributed by atoms with Gasteiger partial charge in [0.25, 0.3) is 21.2 Å². The van der Waals surface area contributed by atoms with Gasteiger partial charge in [-0.3, -0.25) is 27.6 Å². The van der Waals surface area contributed by atoms with Gasteiger partial charge in [0.2, 0.25) is 5.91 Å². The molecule has 1 fully saturated rings. The number of rotatable bonds is 15. The molecule has 228 valence electrons. The first-order valence-corrected chi connectivity index (χ1v) is 15.8. The van der Waals surface area contributed by atoms with E-state index in [1.165, 1.54) is 6.08 Å². The molecule has 44 heavy (non-hydrogen) atoms. The van der Waals surface area contributed by atoms with E-state index in [4.69, 9.17) is 16.2 Å². The van der Waals surface area contributed by atoms with Crippen molar-refractivity contribution in [1.82, 2.24) is 9.13 Å². The molecule has 0 aromatic carbocycles. The number of aliphatic hydroxyl groups is 1. The van der Waals surface area contributed by atoms with E-state index in [0.717, 1.165) is 10.8 Å². The molecule has 1 aliphatic rings. The number of hydrogen-bond acceptors (Lipinski definition) is 17. The van der Waals surface area contributed by atoms with Crippen molar-refractivity contribution in [3.05, 3.63) is 45.3 Å². The van der Waals surface area contributed by atoms with Crippen LogP contribution in [0.15, 0.2) is 28.4 Å². The third-order valence-electron chi connectivity index (χ3n) is 5.41. The van der Waals surface area contributed by atoms with E-state index in [1.807, 2.05) is 0 Å². The van der Waals surface area contributed by atoms with Crippen LogP contribution in [0.3, 0.4) is 0 Å². The van der Waals surface area contributed by atoms with Gasteiger partial charge in [0.05, 0.1) is 32.1 Å². The largest absolute Gasteiger partial charge is 1.00 e. The Labute approximate surface area is 340 Å². The molecular weight excluding hydrogens is 697 g/mol. The summed E-state index contributed by atoms with van der Waals surface area (Å²) in [4.78, 5) is 82.7. The van der Waals surface area contributed by atoms with Gasteiger partial charge in [-0.2, -0.15) is 4.57 Å². The van der Waals surface area contributed by atoms with Crippen LogP contribution in [-0.4, -0.2) is 45.5 Å². The Kier molecular flexibility index (Phi) is 25.6. The molecule has 6 atom stereocenters. The molecule has 2 rings (SSSR count). The van der Waals surface area contributed by atoms with Gasteiger partial charge >= 0.3 is 124 Å². The molecule has 26 heteroatoms. The number of phosphoric acid groups is 3. The second-order valence-electron chi connectivity index (χ2n) is 8.40. The Morgan fingerprint density at radius 2 is 1.68 bits per heavy atom. The predicted octanol–water partition coefficient (Wildman–Crippen LogP) is -15.2. The van der Waals surface area contributed by atoms with Crippen LogP contribution in [0.5, 0.6) is 0 Å². The van der Waals surface area contributed by atoms with Gasteiger partial charge < -0.3 is 50.0 Å². The first-order valence-electron chi connectivity index (χ1n) is 11.5. The molecule has 1 aromatic heterocycles. The molecule has 0 radical (unpaired) electrons. The molecule has 2 heterocycles. The smallest absolute Gasteiger partial charge is 0.790 e. The zero-order chi connectivity index (χ0) is 30.5. The summed E-state index contributed by atoms with van der Waals surface area (Å²) in [6.07, 6.45) is -1.39. The molecule has 1 saturated heterocycles. The van der Waals surface area contributed by atoms with Crippen molar-refractivity contribution in [2.24, 2.45) is 11.5 Å². The van der Waals surface area contributed by atoms with Crippen LogP contribution in [0, 0.1) is 0 Å². The normalized spacial score (nSPS) is 21.2. The second kappa shape index (κ2) is 22.2. The molecule has 0 saturated carbocycles. The van der Waals surface area contributed by atoms with E-state index in [0.29, 0.717) is 30.4 Å². The van der Waals surface area contributed by atoms with Crippen LogP contribution in [0.1, 0.15) is 54.7 Å². The van der Waals surface area contributed by atoms with Crippen LogP contribution < -0.4 is 161 Å². The zero-order valence-corrected chi connectivity index (χ0v) is 35.4. The van der Waals surface area contributed by atoms with Crippen LogP contribution in [-0.2, 0) is 31.6 Å². The minimum atomic E-state index is -6.21. The van der Waals surface area contributed by atoms with E-state index in [-0.39, 0.29) is 130 Å². The fourth-order valence-corrected chi connectivity index (χ4v) is 6.43. The number of hydrogen-bond donors (Lipinski definition) is 3. The Balaban J connectivity index is -0.00000420. The quantitative estimate of drug-likeness (QED) is 0.0654. The average Bonchev–Trinajstić information content (AvgIpc) is 3.18. The summed E-state index contributed by atoms with van der Waals surface area (Å²) in [5.41, 5.74) is 8.94. The molecule has 0 bridgehead atoms. The maximum absolute atomic E-state index is 13.1. The summed E-state index contributed by atoms with van der Waals surface area (Å²) in [5, 5.41) is 10.3. The summed E-state index contributed by atoms with van der Waals surface area (Å²) in [5.74, 6) is -0.841. The number of nitrogens with two attached hydrogens (primary N) is 2. The molecule has 0 amide bonds. The zero-order valence-electron chi connectivity index (χ0n) is 24.7.